The van der Waals surface area contributed by atoms with Gasteiger partial charge in [0.15, 0.2) is 5.82 Å². The van der Waals surface area contributed by atoms with Crippen LogP contribution in [0.3, 0.4) is 0 Å². The predicted octanol–water partition coefficient (Wildman–Crippen LogP) is 5.95. The van der Waals surface area contributed by atoms with Crippen molar-refractivity contribution in [3.63, 3.8) is 0 Å². The van der Waals surface area contributed by atoms with Crippen LogP contribution in [0.1, 0.15) is 80.1 Å². The van der Waals surface area contributed by atoms with Crippen LogP contribution in [0.4, 0.5) is 11.4 Å². The number of fused-ring (bicyclic) bond motifs is 1. The van der Waals surface area contributed by atoms with E-state index in [-0.39, 0.29) is 24.5 Å². The number of hydrogen-bond donors (Lipinski definition) is 2. The van der Waals surface area contributed by atoms with Crippen molar-refractivity contribution >= 4 is 23.3 Å². The molecule has 2 N–H and O–H groups in total. The van der Waals surface area contributed by atoms with Gasteiger partial charge in [0.05, 0.1) is 76.2 Å². The SMILES string of the molecule is CC(C)(C)ON1CCc2nc(-c3cc(N4CCCCC4)ccc3NC(=O)c3cccc(CCCOCCOCCOCCOCCC(=O)O)c3)ncc2C1. The minimum atomic E-state index is -0.876. The first-order valence-electron chi connectivity index (χ1n) is 19.3. The van der Waals surface area contributed by atoms with Crippen LogP contribution in [0, 0.1) is 0 Å². The summed E-state index contributed by atoms with van der Waals surface area (Å²) in [6.07, 6.45) is 7.83. The molecule has 1 saturated heterocycles. The maximum Gasteiger partial charge on any atom is 0.305 e. The first-order chi connectivity index (χ1) is 26.1. The molecule has 1 fully saturated rings. The van der Waals surface area contributed by atoms with E-state index in [1.165, 1.54) is 19.3 Å². The van der Waals surface area contributed by atoms with Crippen LogP contribution >= 0.6 is 0 Å². The summed E-state index contributed by atoms with van der Waals surface area (Å²) in [7, 11) is 0. The van der Waals surface area contributed by atoms with Gasteiger partial charge in [-0.05, 0) is 88.8 Å². The van der Waals surface area contributed by atoms with Gasteiger partial charge in [-0.3, -0.25) is 14.4 Å². The van der Waals surface area contributed by atoms with Crippen molar-refractivity contribution in [1.82, 2.24) is 15.0 Å². The second kappa shape index (κ2) is 21.2. The summed E-state index contributed by atoms with van der Waals surface area (Å²) in [4.78, 5) is 42.5. The van der Waals surface area contributed by atoms with Gasteiger partial charge in [0, 0.05) is 61.2 Å². The number of piperidine rings is 1. The van der Waals surface area contributed by atoms with Crippen molar-refractivity contribution in [2.24, 2.45) is 0 Å². The molecule has 13 nitrogen and oxygen atoms in total. The fourth-order valence-corrected chi connectivity index (χ4v) is 6.42. The lowest BCUT2D eigenvalue weighted by Gasteiger charge is -2.33. The van der Waals surface area contributed by atoms with Crippen molar-refractivity contribution < 1.29 is 38.5 Å². The predicted molar refractivity (Wildman–Crippen MR) is 207 cm³/mol. The lowest BCUT2D eigenvalue weighted by atomic mass is 10.0. The highest BCUT2D eigenvalue weighted by molar-refractivity contribution is 6.06. The zero-order chi connectivity index (χ0) is 38.2. The van der Waals surface area contributed by atoms with Crippen LogP contribution in [0.2, 0.25) is 0 Å². The number of anilines is 2. The van der Waals surface area contributed by atoms with Crippen molar-refractivity contribution in [3.8, 4) is 11.4 Å². The molecule has 5 rings (SSSR count). The largest absolute Gasteiger partial charge is 0.481 e. The number of benzene rings is 2. The van der Waals surface area contributed by atoms with Crippen LogP contribution in [0.15, 0.2) is 48.7 Å². The molecule has 294 valence electrons. The summed E-state index contributed by atoms with van der Waals surface area (Å²) in [6, 6.07) is 13.9. The Hall–Kier alpha value is -3.98. The molecule has 0 atom stereocenters. The fourth-order valence-electron chi connectivity index (χ4n) is 6.42. The highest BCUT2D eigenvalue weighted by Crippen LogP contribution is 2.33. The van der Waals surface area contributed by atoms with Gasteiger partial charge >= 0.3 is 5.97 Å². The van der Waals surface area contributed by atoms with Crippen molar-refractivity contribution in [1.29, 1.82) is 0 Å². The topological polar surface area (TPSA) is 145 Å². The Labute approximate surface area is 319 Å². The second-order valence-electron chi connectivity index (χ2n) is 14.6. The van der Waals surface area contributed by atoms with E-state index in [9.17, 15) is 9.59 Å². The smallest absolute Gasteiger partial charge is 0.305 e. The Morgan fingerprint density at radius 3 is 2.26 bits per heavy atom. The number of rotatable bonds is 21. The van der Waals surface area contributed by atoms with Gasteiger partial charge < -0.3 is 34.3 Å². The summed E-state index contributed by atoms with van der Waals surface area (Å²) in [5.41, 5.74) is 6.07. The van der Waals surface area contributed by atoms with Gasteiger partial charge in [-0.15, -0.1) is 0 Å². The van der Waals surface area contributed by atoms with E-state index in [4.69, 9.17) is 38.9 Å². The minimum absolute atomic E-state index is 0.00927. The van der Waals surface area contributed by atoms with Gasteiger partial charge in [-0.25, -0.2) is 9.97 Å². The number of carboxylic acids is 1. The minimum Gasteiger partial charge on any atom is -0.481 e. The van der Waals surface area contributed by atoms with Crippen molar-refractivity contribution in [3.05, 3.63) is 71.0 Å². The number of carboxylic acid groups (broad SMARTS) is 1. The number of nitrogens with one attached hydrogen (secondary N) is 1. The van der Waals surface area contributed by atoms with Crippen LogP contribution in [-0.2, 0) is 48.0 Å². The van der Waals surface area contributed by atoms with Crippen LogP contribution in [-0.4, -0.2) is 110 Å². The third-order valence-electron chi connectivity index (χ3n) is 9.03. The number of aryl methyl sites for hydroxylation is 1. The highest BCUT2D eigenvalue weighted by Gasteiger charge is 2.25. The molecule has 3 heterocycles. The average molecular weight is 748 g/mol. The molecule has 13 heteroatoms. The molecule has 1 amide bonds. The molecule has 3 aromatic rings. The molecule has 0 bridgehead atoms. The number of aliphatic carboxylic acids is 1. The molecule has 54 heavy (non-hydrogen) atoms. The average Bonchev–Trinajstić information content (AvgIpc) is 3.16. The lowest BCUT2D eigenvalue weighted by molar-refractivity contribution is -0.237. The van der Waals surface area contributed by atoms with Crippen molar-refractivity contribution in [2.75, 3.05) is 82.7 Å². The number of hydrogen-bond acceptors (Lipinski definition) is 11. The second-order valence-corrected chi connectivity index (χ2v) is 14.6. The molecule has 2 aliphatic rings. The molecule has 0 unspecified atom stereocenters. The molecule has 0 spiro atoms. The Kier molecular flexibility index (Phi) is 16.2. The van der Waals surface area contributed by atoms with Gasteiger partial charge in [0.1, 0.15) is 0 Å². The number of hydroxylamine groups is 2. The monoisotopic (exact) mass is 747 g/mol. The van der Waals surface area contributed by atoms with Crippen molar-refractivity contribution in [2.45, 2.75) is 77.9 Å². The Morgan fingerprint density at radius 2 is 1.56 bits per heavy atom. The first-order valence-corrected chi connectivity index (χ1v) is 19.3. The summed E-state index contributed by atoms with van der Waals surface area (Å²) < 4.78 is 21.8. The van der Waals surface area contributed by atoms with Crippen LogP contribution in [0.25, 0.3) is 11.4 Å². The molecule has 2 aromatic carbocycles. The van der Waals surface area contributed by atoms with E-state index in [2.05, 4.69) is 43.1 Å². The number of carbonyl (C=O) groups is 2. The Bertz CT molecular complexity index is 1640. The summed E-state index contributed by atoms with van der Waals surface area (Å²) in [5, 5.41) is 13.7. The highest BCUT2D eigenvalue weighted by atomic mass is 16.7. The zero-order valence-corrected chi connectivity index (χ0v) is 32.1. The molecule has 0 aliphatic carbocycles. The van der Waals surface area contributed by atoms with Gasteiger partial charge in [-0.1, -0.05) is 12.1 Å². The first kappa shape index (κ1) is 41.2. The molecule has 0 radical (unpaired) electrons. The summed E-state index contributed by atoms with van der Waals surface area (Å²) in [5.74, 6) is -0.448. The third kappa shape index (κ3) is 13.7. The third-order valence-corrected chi connectivity index (χ3v) is 9.03. The van der Waals surface area contributed by atoms with Crippen LogP contribution in [0.5, 0.6) is 0 Å². The molecule has 1 aromatic heterocycles. The molecule has 0 saturated carbocycles. The van der Waals surface area contributed by atoms with Gasteiger partial charge in [0.2, 0.25) is 0 Å². The number of aromatic nitrogens is 2. The standard InChI is InChI=1S/C41H57N5O8/c1-41(2,3)54-46-18-14-36-33(30-46)29-42-39(43-36)35-28-34(45-16-5-4-6-17-45)12-13-37(35)44-40(49)32-11-7-9-31(27-32)10-8-19-50-21-23-52-25-26-53-24-22-51-20-15-38(47)48/h7,9,11-13,27-29H,4-6,8,10,14-26,30H2,1-3H3,(H,44,49)(H,47,48). The van der Waals surface area contributed by atoms with E-state index in [1.807, 2.05) is 41.6 Å². The lowest BCUT2D eigenvalue weighted by Crippen LogP contribution is -2.38. The number of carbonyl (C=O) groups excluding carboxylic acids is 1. The van der Waals surface area contributed by atoms with Gasteiger partial charge in [-0.2, -0.15) is 5.06 Å². The Balaban J connectivity index is 1.11. The molecule has 2 aliphatic heterocycles. The summed E-state index contributed by atoms with van der Waals surface area (Å²) in [6.45, 7) is 12.9. The van der Waals surface area contributed by atoms with E-state index in [1.54, 1.807) is 0 Å². The normalized spacial score (nSPS) is 14.9. The number of amides is 1. The van der Waals surface area contributed by atoms with Crippen LogP contribution < -0.4 is 10.2 Å². The quantitative estimate of drug-likeness (QED) is 0.124. The Morgan fingerprint density at radius 1 is 0.852 bits per heavy atom. The van der Waals surface area contributed by atoms with E-state index in [0.29, 0.717) is 69.9 Å². The zero-order valence-electron chi connectivity index (χ0n) is 32.1. The van der Waals surface area contributed by atoms with E-state index < -0.39 is 5.97 Å². The van der Waals surface area contributed by atoms with E-state index in [0.717, 1.165) is 67.0 Å². The maximum atomic E-state index is 13.7. The summed E-state index contributed by atoms with van der Waals surface area (Å²) >= 11 is 0. The molecular weight excluding hydrogens is 690 g/mol. The maximum absolute atomic E-state index is 13.7. The fraction of sp³-hybridized carbons (Fsp3) is 0.561. The molecular formula is C41H57N5O8. The number of ether oxygens (including phenoxy) is 4. The van der Waals surface area contributed by atoms with E-state index >= 15 is 0 Å². The number of nitrogens with zero attached hydrogens (tertiary/aromatic N) is 4. The van der Waals surface area contributed by atoms with Gasteiger partial charge in [0.25, 0.3) is 5.91 Å².